The summed E-state index contributed by atoms with van der Waals surface area (Å²) in [7, 11) is 0. The van der Waals surface area contributed by atoms with E-state index >= 15 is 0 Å². The zero-order valence-corrected chi connectivity index (χ0v) is 21.2. The Labute approximate surface area is 200 Å². The van der Waals surface area contributed by atoms with Crippen LogP contribution in [0.2, 0.25) is 0 Å². The number of benzene rings is 1. The van der Waals surface area contributed by atoms with Gasteiger partial charge in [0.15, 0.2) is 6.10 Å². The van der Waals surface area contributed by atoms with Gasteiger partial charge < -0.3 is 20.5 Å². The van der Waals surface area contributed by atoms with E-state index < -0.39 is 29.1 Å². The number of ether oxygens (including phenoxy) is 1. The number of anilines is 1. The molecule has 0 unspecified atom stereocenters. The first kappa shape index (κ1) is 24.8. The molecule has 0 fully saturated rings. The largest absolute Gasteiger partial charge is 0.453 e. The van der Waals surface area contributed by atoms with Crippen LogP contribution >= 0.6 is 79.4 Å². The summed E-state index contributed by atoms with van der Waals surface area (Å²) in [6, 6.07) is 0. The molecule has 0 radical (unpaired) electrons. The number of carbonyl (C=O) groups excluding carboxylic acids is 4. The summed E-state index contributed by atoms with van der Waals surface area (Å²) >= 11 is 11.2. The van der Waals surface area contributed by atoms with E-state index in [9.17, 15) is 19.2 Å². The minimum Gasteiger partial charge on any atom is -0.453 e. The number of amides is 2. The molecule has 0 bridgehead atoms. The second kappa shape index (κ2) is 11.1. The average molecular weight is 734 g/mol. The lowest BCUT2D eigenvalue weighted by Gasteiger charge is -2.19. The first-order valence-electron chi connectivity index (χ1n) is 7.30. The van der Waals surface area contributed by atoms with Crippen molar-refractivity contribution in [3.8, 4) is 0 Å². The van der Waals surface area contributed by atoms with E-state index in [2.05, 4.69) is 10.6 Å². The second-order valence-electron chi connectivity index (χ2n) is 5.06. The molecule has 0 aliphatic heterocycles. The predicted octanol–water partition coefficient (Wildman–Crippen LogP) is 2.49. The zero-order valence-electron chi connectivity index (χ0n) is 14.0. The van der Waals surface area contributed by atoms with Gasteiger partial charge in [-0.15, -0.1) is 0 Å². The lowest BCUT2D eigenvalue weighted by molar-refractivity contribution is -0.150. The van der Waals surface area contributed by atoms with Crippen molar-refractivity contribution in [1.29, 1.82) is 0 Å². The van der Waals surface area contributed by atoms with Crippen LogP contribution in [0.3, 0.4) is 0 Å². The van der Waals surface area contributed by atoms with Crippen LogP contribution in [0.1, 0.15) is 34.6 Å². The van der Waals surface area contributed by atoms with Crippen LogP contribution in [0.4, 0.5) is 5.69 Å². The van der Waals surface area contributed by atoms with Crippen molar-refractivity contribution in [2.24, 2.45) is 0 Å². The van der Waals surface area contributed by atoms with Crippen molar-refractivity contribution < 1.29 is 29.0 Å². The highest BCUT2D eigenvalue weighted by molar-refractivity contribution is 14.1. The first-order valence-corrected chi connectivity index (χ1v) is 10.9. The highest BCUT2D eigenvalue weighted by Gasteiger charge is 2.29. The van der Waals surface area contributed by atoms with Crippen LogP contribution in [0, 0.1) is 10.7 Å². The zero-order chi connectivity index (χ0) is 20.9. The molecule has 8 nitrogen and oxygen atoms in total. The summed E-state index contributed by atoms with van der Waals surface area (Å²) in [5.41, 5.74) is 0.422. The molecule has 27 heavy (non-hydrogen) atoms. The van der Waals surface area contributed by atoms with Crippen molar-refractivity contribution in [3.05, 3.63) is 21.8 Å². The fourth-order valence-electron chi connectivity index (χ4n) is 1.93. The number of hydrogen-bond donors (Lipinski definition) is 3. The second-order valence-corrected chi connectivity index (χ2v) is 8.64. The first-order chi connectivity index (χ1) is 12.5. The maximum absolute atomic E-state index is 12.5. The Bertz CT molecular complexity index is 802. The number of rotatable bonds is 7. The van der Waals surface area contributed by atoms with Gasteiger partial charge in [0.25, 0.3) is 17.1 Å². The van der Waals surface area contributed by atoms with Crippen molar-refractivity contribution >= 4 is 108 Å². The molecule has 1 atom stereocenters. The van der Waals surface area contributed by atoms with Gasteiger partial charge in [0, 0.05) is 17.0 Å². The lowest BCUT2D eigenvalue weighted by atomic mass is 10.1. The van der Waals surface area contributed by atoms with E-state index in [0.717, 1.165) is 0 Å². The van der Waals surface area contributed by atoms with Crippen LogP contribution in [0.25, 0.3) is 0 Å². The van der Waals surface area contributed by atoms with Crippen LogP contribution < -0.4 is 10.6 Å². The molecular formula is C15H14ClI3N2O6. The fourth-order valence-corrected chi connectivity index (χ4v) is 6.85. The molecule has 0 saturated heterocycles. The van der Waals surface area contributed by atoms with Gasteiger partial charge in [-0.2, -0.15) is 0 Å². The van der Waals surface area contributed by atoms with Gasteiger partial charge in [0.2, 0.25) is 0 Å². The summed E-state index contributed by atoms with van der Waals surface area (Å²) in [6.45, 7) is 2.34. The highest BCUT2D eigenvalue weighted by atomic mass is 127. The van der Waals surface area contributed by atoms with Gasteiger partial charge in [-0.25, -0.2) is 0 Å². The molecule has 0 aromatic heterocycles. The standard InChI is InChI=1S/C15H14ClI3N2O6/c1-5(27-6(2)23)14(25)21-12-10(18)7(13(16)24)9(17)8(11(12)19)15(26)20-3-4-22/h5,22H,3-4H2,1-2H3,(H,20,26)(H,21,25)/t5-/m0/s1. The molecule has 3 N–H and O–H groups in total. The van der Waals surface area contributed by atoms with Gasteiger partial charge in [0.1, 0.15) is 0 Å². The number of carbonyl (C=O) groups is 4. The van der Waals surface area contributed by atoms with E-state index in [-0.39, 0.29) is 30.0 Å². The third kappa shape index (κ3) is 6.37. The topological polar surface area (TPSA) is 122 Å². The smallest absolute Gasteiger partial charge is 0.303 e. The van der Waals surface area contributed by atoms with Gasteiger partial charge in [-0.3, -0.25) is 19.2 Å². The molecule has 148 valence electrons. The third-order valence-electron chi connectivity index (χ3n) is 3.10. The quantitative estimate of drug-likeness (QED) is 0.225. The van der Waals surface area contributed by atoms with Crippen LogP contribution in [-0.4, -0.2) is 47.4 Å². The maximum Gasteiger partial charge on any atom is 0.303 e. The number of halogens is 4. The van der Waals surface area contributed by atoms with Crippen molar-refractivity contribution in [3.63, 3.8) is 0 Å². The Morgan fingerprint density at radius 3 is 2.15 bits per heavy atom. The molecule has 1 aromatic rings. The number of aliphatic hydroxyl groups excluding tert-OH is 1. The Hall–Kier alpha value is -0.260. The number of esters is 1. The molecule has 1 rings (SSSR count). The summed E-state index contributed by atoms with van der Waals surface area (Å²) < 4.78 is 5.89. The van der Waals surface area contributed by atoms with E-state index in [1.807, 2.05) is 67.8 Å². The molecule has 2 amide bonds. The van der Waals surface area contributed by atoms with Crippen molar-refractivity contribution in [2.75, 3.05) is 18.5 Å². The minimum atomic E-state index is -1.07. The molecular weight excluding hydrogens is 720 g/mol. The minimum absolute atomic E-state index is 0.0202. The summed E-state index contributed by atoms with van der Waals surface area (Å²) in [6.07, 6.45) is -1.07. The SMILES string of the molecule is CC(=O)O[C@@H](C)C(=O)Nc1c(I)c(C(=O)Cl)c(I)c(C(=O)NCCO)c1I. The van der Waals surface area contributed by atoms with Gasteiger partial charge >= 0.3 is 5.97 Å². The molecule has 0 aliphatic rings. The van der Waals surface area contributed by atoms with Gasteiger partial charge in [-0.1, -0.05) is 0 Å². The number of nitrogens with one attached hydrogen (secondary N) is 2. The highest BCUT2D eigenvalue weighted by Crippen LogP contribution is 2.36. The molecule has 0 spiro atoms. The Kier molecular flexibility index (Phi) is 10.2. The van der Waals surface area contributed by atoms with E-state index in [4.69, 9.17) is 21.4 Å². The lowest BCUT2D eigenvalue weighted by Crippen LogP contribution is -2.32. The molecule has 1 aromatic carbocycles. The van der Waals surface area contributed by atoms with Crippen molar-refractivity contribution in [1.82, 2.24) is 5.32 Å². The molecule has 0 heterocycles. The monoisotopic (exact) mass is 734 g/mol. The summed E-state index contributed by atoms with van der Waals surface area (Å²) in [5.74, 6) is -1.78. The number of aliphatic hydroxyl groups is 1. The van der Waals surface area contributed by atoms with Crippen LogP contribution in [-0.2, 0) is 14.3 Å². The van der Waals surface area contributed by atoms with Crippen LogP contribution in [0.15, 0.2) is 0 Å². The maximum atomic E-state index is 12.5. The molecule has 0 saturated carbocycles. The third-order valence-corrected chi connectivity index (χ3v) is 6.52. The normalized spacial score (nSPS) is 11.5. The molecule has 0 aliphatic carbocycles. The summed E-state index contributed by atoms with van der Waals surface area (Å²) in [4.78, 5) is 47.7. The van der Waals surface area contributed by atoms with Crippen molar-refractivity contribution in [2.45, 2.75) is 20.0 Å². The van der Waals surface area contributed by atoms with E-state index in [0.29, 0.717) is 10.7 Å². The fraction of sp³-hybridized carbons (Fsp3) is 0.333. The van der Waals surface area contributed by atoms with E-state index in [1.165, 1.54) is 13.8 Å². The van der Waals surface area contributed by atoms with Gasteiger partial charge in [-0.05, 0) is 86.3 Å². The average Bonchev–Trinajstić information content (AvgIpc) is 2.55. The Morgan fingerprint density at radius 2 is 1.67 bits per heavy atom. The Balaban J connectivity index is 3.48. The number of hydrogen-bond acceptors (Lipinski definition) is 6. The van der Waals surface area contributed by atoms with Gasteiger partial charge in [0.05, 0.1) is 30.6 Å². The molecule has 12 heteroatoms. The summed E-state index contributed by atoms with van der Waals surface area (Å²) in [5, 5.41) is 13.2. The van der Waals surface area contributed by atoms with E-state index in [1.54, 1.807) is 0 Å². The Morgan fingerprint density at radius 1 is 1.11 bits per heavy atom. The predicted molar refractivity (Wildman–Crippen MR) is 124 cm³/mol. The van der Waals surface area contributed by atoms with Crippen LogP contribution in [0.5, 0.6) is 0 Å².